The molecule has 0 radical (unpaired) electrons. The fourth-order valence-electron chi connectivity index (χ4n) is 2.22. The van der Waals surface area contributed by atoms with E-state index in [0.29, 0.717) is 12.4 Å². The second kappa shape index (κ2) is 4.63. The Kier molecular flexibility index (Phi) is 3.20. The Bertz CT molecular complexity index is 524. The van der Waals surface area contributed by atoms with Crippen molar-refractivity contribution in [3.05, 3.63) is 46.9 Å². The summed E-state index contributed by atoms with van der Waals surface area (Å²) < 4.78 is 0. The van der Waals surface area contributed by atoms with Crippen molar-refractivity contribution >= 4 is 0 Å². The summed E-state index contributed by atoms with van der Waals surface area (Å²) in [6.45, 7) is 6.70. The molecule has 3 nitrogen and oxygen atoms in total. The van der Waals surface area contributed by atoms with Gasteiger partial charge in [0.25, 0.3) is 0 Å². The molecule has 0 spiro atoms. The van der Waals surface area contributed by atoms with Gasteiger partial charge in [-0.2, -0.15) is 0 Å². The van der Waals surface area contributed by atoms with Crippen LogP contribution >= 0.6 is 0 Å². The zero-order valence-corrected chi connectivity index (χ0v) is 10.5. The molecule has 1 aromatic carbocycles. The van der Waals surface area contributed by atoms with E-state index in [-0.39, 0.29) is 0 Å². The molecule has 0 atom stereocenters. The van der Waals surface area contributed by atoms with Crippen molar-refractivity contribution in [2.45, 2.75) is 27.3 Å². The van der Waals surface area contributed by atoms with Crippen molar-refractivity contribution in [3.8, 4) is 11.3 Å². The summed E-state index contributed by atoms with van der Waals surface area (Å²) in [5.74, 6) is 0.682. The van der Waals surface area contributed by atoms with Gasteiger partial charge in [-0.15, -0.1) is 0 Å². The van der Waals surface area contributed by atoms with E-state index in [1.54, 1.807) is 6.20 Å². The third-order valence-corrected chi connectivity index (χ3v) is 2.82. The van der Waals surface area contributed by atoms with E-state index in [4.69, 9.17) is 5.73 Å². The molecule has 2 N–H and O–H groups in total. The molecule has 0 saturated carbocycles. The standard InChI is InChI=1S/C14H17N3/c1-9-6-10(2)14(11(3)7-9)12-4-5-16-13(8-15)17-12/h4-7H,8,15H2,1-3H3. The Morgan fingerprint density at radius 2 is 1.76 bits per heavy atom. The van der Waals surface area contributed by atoms with Crippen LogP contribution in [0.4, 0.5) is 0 Å². The summed E-state index contributed by atoms with van der Waals surface area (Å²) in [6.07, 6.45) is 1.77. The molecular weight excluding hydrogens is 210 g/mol. The number of nitrogens with two attached hydrogens (primary N) is 1. The largest absolute Gasteiger partial charge is 0.324 e. The number of hydrogen-bond donors (Lipinski definition) is 1. The fraction of sp³-hybridized carbons (Fsp3) is 0.286. The number of aryl methyl sites for hydroxylation is 3. The Balaban J connectivity index is 2.60. The maximum absolute atomic E-state index is 5.57. The monoisotopic (exact) mass is 227 g/mol. The van der Waals surface area contributed by atoms with E-state index in [2.05, 4.69) is 42.9 Å². The van der Waals surface area contributed by atoms with E-state index in [0.717, 1.165) is 5.69 Å². The first kappa shape index (κ1) is 11.7. The van der Waals surface area contributed by atoms with E-state index >= 15 is 0 Å². The van der Waals surface area contributed by atoms with Crippen LogP contribution in [0.2, 0.25) is 0 Å². The molecule has 1 aromatic heterocycles. The highest BCUT2D eigenvalue weighted by Crippen LogP contribution is 2.26. The third kappa shape index (κ3) is 2.34. The Morgan fingerprint density at radius 1 is 1.12 bits per heavy atom. The van der Waals surface area contributed by atoms with Crippen LogP contribution in [-0.2, 0) is 6.54 Å². The van der Waals surface area contributed by atoms with Crippen LogP contribution < -0.4 is 5.73 Å². The topological polar surface area (TPSA) is 51.8 Å². The number of rotatable bonds is 2. The first-order chi connectivity index (χ1) is 8.11. The van der Waals surface area contributed by atoms with Gasteiger partial charge in [0.2, 0.25) is 0 Å². The highest BCUT2D eigenvalue weighted by atomic mass is 14.9. The van der Waals surface area contributed by atoms with Gasteiger partial charge in [-0.05, 0) is 38.0 Å². The molecule has 2 aromatic rings. The van der Waals surface area contributed by atoms with Crippen molar-refractivity contribution in [1.29, 1.82) is 0 Å². The maximum Gasteiger partial charge on any atom is 0.142 e. The second-order valence-corrected chi connectivity index (χ2v) is 4.34. The van der Waals surface area contributed by atoms with Crippen molar-refractivity contribution in [2.24, 2.45) is 5.73 Å². The summed E-state index contributed by atoms with van der Waals surface area (Å²) in [5.41, 5.74) is 11.5. The van der Waals surface area contributed by atoms with Gasteiger partial charge in [0.05, 0.1) is 12.2 Å². The third-order valence-electron chi connectivity index (χ3n) is 2.82. The molecule has 0 unspecified atom stereocenters. The maximum atomic E-state index is 5.57. The number of nitrogens with zero attached hydrogens (tertiary/aromatic N) is 2. The van der Waals surface area contributed by atoms with Gasteiger partial charge < -0.3 is 5.73 Å². The normalized spacial score (nSPS) is 10.6. The van der Waals surface area contributed by atoms with Crippen LogP contribution in [0, 0.1) is 20.8 Å². The predicted molar refractivity (Wildman–Crippen MR) is 69.6 cm³/mol. The molecular formula is C14H17N3. The molecule has 0 aliphatic heterocycles. The molecule has 1 heterocycles. The van der Waals surface area contributed by atoms with Crippen molar-refractivity contribution in [3.63, 3.8) is 0 Å². The van der Waals surface area contributed by atoms with Gasteiger partial charge in [0, 0.05) is 11.8 Å². The van der Waals surface area contributed by atoms with E-state index in [1.807, 2.05) is 6.07 Å². The molecule has 3 heteroatoms. The summed E-state index contributed by atoms with van der Waals surface area (Å²) in [5, 5.41) is 0. The van der Waals surface area contributed by atoms with Crippen LogP contribution in [0.1, 0.15) is 22.5 Å². The van der Waals surface area contributed by atoms with E-state index in [1.165, 1.54) is 22.3 Å². The van der Waals surface area contributed by atoms with Crippen molar-refractivity contribution in [1.82, 2.24) is 9.97 Å². The van der Waals surface area contributed by atoms with Gasteiger partial charge in [0.15, 0.2) is 0 Å². The van der Waals surface area contributed by atoms with Crippen molar-refractivity contribution in [2.75, 3.05) is 0 Å². The van der Waals surface area contributed by atoms with Crippen LogP contribution in [0.15, 0.2) is 24.4 Å². The minimum absolute atomic E-state index is 0.373. The summed E-state index contributed by atoms with van der Waals surface area (Å²) >= 11 is 0. The lowest BCUT2D eigenvalue weighted by molar-refractivity contribution is 0.911. The van der Waals surface area contributed by atoms with E-state index in [9.17, 15) is 0 Å². The Morgan fingerprint density at radius 3 is 2.35 bits per heavy atom. The lowest BCUT2D eigenvalue weighted by Gasteiger charge is -2.11. The van der Waals surface area contributed by atoms with Gasteiger partial charge >= 0.3 is 0 Å². The predicted octanol–water partition coefficient (Wildman–Crippen LogP) is 2.53. The number of hydrogen-bond acceptors (Lipinski definition) is 3. The van der Waals surface area contributed by atoms with Crippen LogP contribution in [0.3, 0.4) is 0 Å². The highest BCUT2D eigenvalue weighted by Gasteiger charge is 2.08. The van der Waals surface area contributed by atoms with Crippen LogP contribution in [-0.4, -0.2) is 9.97 Å². The van der Waals surface area contributed by atoms with Crippen LogP contribution in [0.5, 0.6) is 0 Å². The van der Waals surface area contributed by atoms with Gasteiger partial charge in [0.1, 0.15) is 5.82 Å². The second-order valence-electron chi connectivity index (χ2n) is 4.34. The molecule has 0 amide bonds. The Labute approximate surface area is 102 Å². The molecule has 0 saturated heterocycles. The van der Waals surface area contributed by atoms with Crippen molar-refractivity contribution < 1.29 is 0 Å². The molecule has 0 aliphatic carbocycles. The minimum atomic E-state index is 0.373. The number of aromatic nitrogens is 2. The fourth-order valence-corrected chi connectivity index (χ4v) is 2.22. The van der Waals surface area contributed by atoms with Gasteiger partial charge in [-0.3, -0.25) is 0 Å². The molecule has 0 fully saturated rings. The van der Waals surface area contributed by atoms with Gasteiger partial charge in [-0.1, -0.05) is 17.7 Å². The molecule has 17 heavy (non-hydrogen) atoms. The summed E-state index contributed by atoms with van der Waals surface area (Å²) in [7, 11) is 0. The molecule has 2 rings (SSSR count). The average Bonchev–Trinajstić information content (AvgIpc) is 2.28. The smallest absolute Gasteiger partial charge is 0.142 e. The van der Waals surface area contributed by atoms with E-state index < -0.39 is 0 Å². The summed E-state index contributed by atoms with van der Waals surface area (Å²) in [4.78, 5) is 8.60. The zero-order chi connectivity index (χ0) is 12.4. The SMILES string of the molecule is Cc1cc(C)c(-c2ccnc(CN)n2)c(C)c1. The molecule has 0 bridgehead atoms. The first-order valence-electron chi connectivity index (χ1n) is 5.72. The minimum Gasteiger partial charge on any atom is -0.324 e. The highest BCUT2D eigenvalue weighted by molar-refractivity contribution is 5.67. The molecule has 0 aliphatic rings. The lowest BCUT2D eigenvalue weighted by atomic mass is 9.97. The Hall–Kier alpha value is -1.74. The lowest BCUT2D eigenvalue weighted by Crippen LogP contribution is -2.04. The number of benzene rings is 1. The quantitative estimate of drug-likeness (QED) is 0.857. The zero-order valence-electron chi connectivity index (χ0n) is 10.5. The first-order valence-corrected chi connectivity index (χ1v) is 5.72. The van der Waals surface area contributed by atoms with Gasteiger partial charge in [-0.25, -0.2) is 9.97 Å². The molecule has 88 valence electrons. The average molecular weight is 227 g/mol. The summed E-state index contributed by atoms with van der Waals surface area (Å²) in [6, 6.07) is 6.28. The van der Waals surface area contributed by atoms with Crippen LogP contribution in [0.25, 0.3) is 11.3 Å².